The van der Waals surface area contributed by atoms with Gasteiger partial charge in [0.25, 0.3) is 0 Å². The summed E-state index contributed by atoms with van der Waals surface area (Å²) in [6, 6.07) is 4.83. The number of carboxylic acids is 1. The minimum absolute atomic E-state index is 0.0909. The molecule has 16 heavy (non-hydrogen) atoms. The summed E-state index contributed by atoms with van der Waals surface area (Å²) in [6.45, 7) is 0. The van der Waals surface area contributed by atoms with Crippen LogP contribution in [0.2, 0.25) is 0 Å². The smallest absolute Gasteiger partial charge is 0.335 e. The molecule has 1 atom stereocenters. The molecule has 0 fully saturated rings. The van der Waals surface area contributed by atoms with Gasteiger partial charge in [0.15, 0.2) is 0 Å². The van der Waals surface area contributed by atoms with Crippen LogP contribution in [0.25, 0.3) is 11.0 Å². The SMILES string of the molecule is O=C(O)c1ccc2nc(C(Br)CBr)[nH]c2c1. The molecule has 0 saturated heterocycles. The van der Waals surface area contributed by atoms with Crippen molar-refractivity contribution in [3.8, 4) is 0 Å². The Balaban J connectivity index is 2.49. The Hall–Kier alpha value is -0.880. The molecule has 0 spiro atoms. The molecular formula is C10H8Br2N2O2. The van der Waals surface area contributed by atoms with Gasteiger partial charge >= 0.3 is 5.97 Å². The van der Waals surface area contributed by atoms with Gasteiger partial charge in [-0.1, -0.05) is 31.9 Å². The van der Waals surface area contributed by atoms with Crippen molar-refractivity contribution in [1.82, 2.24) is 9.97 Å². The summed E-state index contributed by atoms with van der Waals surface area (Å²) in [6.07, 6.45) is 0. The van der Waals surface area contributed by atoms with Crippen molar-refractivity contribution < 1.29 is 9.90 Å². The lowest BCUT2D eigenvalue weighted by atomic mass is 10.2. The molecule has 0 aliphatic heterocycles. The van der Waals surface area contributed by atoms with Gasteiger partial charge in [-0.05, 0) is 18.2 Å². The van der Waals surface area contributed by atoms with Gasteiger partial charge in [0.05, 0.1) is 21.4 Å². The van der Waals surface area contributed by atoms with Crippen LogP contribution in [0.3, 0.4) is 0 Å². The molecule has 1 aromatic carbocycles. The molecule has 84 valence electrons. The summed E-state index contributed by atoms with van der Waals surface area (Å²) in [7, 11) is 0. The lowest BCUT2D eigenvalue weighted by Gasteiger charge is -1.98. The maximum atomic E-state index is 10.8. The summed E-state index contributed by atoms with van der Waals surface area (Å²) in [5, 5.41) is 9.59. The number of rotatable bonds is 3. The highest BCUT2D eigenvalue weighted by Crippen LogP contribution is 2.24. The van der Waals surface area contributed by atoms with Crippen LogP contribution in [0, 0.1) is 0 Å². The van der Waals surface area contributed by atoms with Gasteiger partial charge in [0, 0.05) is 5.33 Å². The minimum atomic E-state index is -0.936. The van der Waals surface area contributed by atoms with Crippen molar-refractivity contribution in [2.75, 3.05) is 5.33 Å². The van der Waals surface area contributed by atoms with Crippen molar-refractivity contribution in [1.29, 1.82) is 0 Å². The van der Waals surface area contributed by atoms with Crippen molar-refractivity contribution in [2.45, 2.75) is 4.83 Å². The molecule has 6 heteroatoms. The minimum Gasteiger partial charge on any atom is -0.478 e. The molecule has 1 heterocycles. The van der Waals surface area contributed by atoms with Crippen molar-refractivity contribution >= 4 is 48.9 Å². The number of aromatic nitrogens is 2. The second-order valence-electron chi connectivity index (χ2n) is 3.28. The summed E-state index contributed by atoms with van der Waals surface area (Å²) >= 11 is 6.80. The topological polar surface area (TPSA) is 66.0 Å². The number of carbonyl (C=O) groups is 1. The molecule has 2 rings (SSSR count). The van der Waals surface area contributed by atoms with E-state index >= 15 is 0 Å². The normalized spacial score (nSPS) is 12.9. The highest BCUT2D eigenvalue weighted by atomic mass is 79.9. The third kappa shape index (κ3) is 2.12. The Kier molecular flexibility index (Phi) is 3.30. The van der Waals surface area contributed by atoms with Gasteiger partial charge in [-0.15, -0.1) is 0 Å². The van der Waals surface area contributed by atoms with E-state index in [9.17, 15) is 4.79 Å². The van der Waals surface area contributed by atoms with E-state index in [1.165, 1.54) is 0 Å². The van der Waals surface area contributed by atoms with E-state index < -0.39 is 5.97 Å². The first-order valence-corrected chi connectivity index (χ1v) is 6.58. The maximum absolute atomic E-state index is 10.8. The first-order valence-electron chi connectivity index (χ1n) is 4.55. The zero-order chi connectivity index (χ0) is 11.7. The van der Waals surface area contributed by atoms with E-state index in [0.29, 0.717) is 0 Å². The average Bonchev–Trinajstić information content (AvgIpc) is 2.70. The van der Waals surface area contributed by atoms with Crippen LogP contribution in [-0.2, 0) is 0 Å². The van der Waals surface area contributed by atoms with Crippen LogP contribution >= 0.6 is 31.9 Å². The van der Waals surface area contributed by atoms with E-state index in [0.717, 1.165) is 22.2 Å². The number of halogens is 2. The first-order chi connectivity index (χ1) is 7.61. The van der Waals surface area contributed by atoms with Crippen LogP contribution in [0.15, 0.2) is 18.2 Å². The fourth-order valence-electron chi connectivity index (χ4n) is 1.38. The second-order valence-corrected chi connectivity index (χ2v) is 5.03. The van der Waals surface area contributed by atoms with Crippen molar-refractivity contribution in [2.24, 2.45) is 0 Å². The van der Waals surface area contributed by atoms with Gasteiger partial charge in [-0.2, -0.15) is 0 Å². The Morgan fingerprint density at radius 3 is 2.94 bits per heavy atom. The molecule has 0 saturated carbocycles. The van der Waals surface area contributed by atoms with E-state index in [1.54, 1.807) is 18.2 Å². The number of aromatic amines is 1. The average molecular weight is 348 g/mol. The van der Waals surface area contributed by atoms with E-state index in [4.69, 9.17) is 5.11 Å². The first kappa shape index (κ1) is 11.6. The van der Waals surface area contributed by atoms with E-state index in [1.807, 2.05) is 0 Å². The summed E-state index contributed by atoms with van der Waals surface area (Å²) in [5.74, 6) is -0.150. The van der Waals surface area contributed by atoms with Gasteiger partial charge in [-0.3, -0.25) is 0 Å². The summed E-state index contributed by atoms with van der Waals surface area (Å²) in [4.78, 5) is 18.3. The quantitative estimate of drug-likeness (QED) is 0.838. The maximum Gasteiger partial charge on any atom is 0.335 e. The van der Waals surface area contributed by atoms with Gasteiger partial charge in [0.2, 0.25) is 0 Å². The molecule has 0 amide bonds. The summed E-state index contributed by atoms with van der Waals surface area (Å²) in [5.41, 5.74) is 1.76. The predicted octanol–water partition coefficient (Wildman–Crippen LogP) is 3.09. The third-order valence-corrected chi connectivity index (χ3v) is 4.45. The molecular weight excluding hydrogens is 340 g/mol. The van der Waals surface area contributed by atoms with E-state index in [2.05, 4.69) is 41.8 Å². The number of hydrogen-bond donors (Lipinski definition) is 2. The van der Waals surface area contributed by atoms with E-state index in [-0.39, 0.29) is 10.4 Å². The van der Waals surface area contributed by atoms with Crippen molar-refractivity contribution in [3.63, 3.8) is 0 Å². The molecule has 4 nitrogen and oxygen atoms in total. The van der Waals surface area contributed by atoms with Crippen LogP contribution in [0.4, 0.5) is 0 Å². The third-order valence-electron chi connectivity index (χ3n) is 2.18. The molecule has 0 aliphatic carbocycles. The number of benzene rings is 1. The molecule has 0 radical (unpaired) electrons. The van der Waals surface area contributed by atoms with Gasteiger partial charge < -0.3 is 10.1 Å². The number of hydrogen-bond acceptors (Lipinski definition) is 2. The number of aromatic carboxylic acids is 1. The van der Waals surface area contributed by atoms with Crippen LogP contribution in [-0.4, -0.2) is 26.4 Å². The number of imidazole rings is 1. The number of nitrogens with one attached hydrogen (secondary N) is 1. The number of carboxylic acid groups (broad SMARTS) is 1. The lowest BCUT2D eigenvalue weighted by Crippen LogP contribution is -1.94. The molecule has 0 bridgehead atoms. The fourth-order valence-corrected chi connectivity index (χ4v) is 1.91. The van der Waals surface area contributed by atoms with Crippen molar-refractivity contribution in [3.05, 3.63) is 29.6 Å². The lowest BCUT2D eigenvalue weighted by molar-refractivity contribution is 0.0697. The van der Waals surface area contributed by atoms with Crippen LogP contribution < -0.4 is 0 Å². The Morgan fingerprint density at radius 2 is 2.31 bits per heavy atom. The number of H-pyrrole nitrogens is 1. The molecule has 1 aromatic heterocycles. The highest BCUT2D eigenvalue weighted by molar-refractivity contribution is 9.12. The Labute approximate surface area is 108 Å². The number of fused-ring (bicyclic) bond motifs is 1. The zero-order valence-electron chi connectivity index (χ0n) is 8.08. The standard InChI is InChI=1S/C10H8Br2N2O2/c11-4-6(12)9-13-7-2-1-5(10(15)16)3-8(7)14-9/h1-3,6H,4H2,(H,13,14)(H,15,16). The zero-order valence-corrected chi connectivity index (χ0v) is 11.2. The molecule has 2 aromatic rings. The monoisotopic (exact) mass is 346 g/mol. The Bertz CT molecular complexity index is 539. The Morgan fingerprint density at radius 1 is 1.56 bits per heavy atom. The number of nitrogens with zero attached hydrogens (tertiary/aromatic N) is 1. The number of alkyl halides is 2. The molecule has 0 aliphatic rings. The second kappa shape index (κ2) is 4.55. The molecule has 2 N–H and O–H groups in total. The van der Waals surface area contributed by atoms with Gasteiger partial charge in [0.1, 0.15) is 5.82 Å². The fraction of sp³-hybridized carbons (Fsp3) is 0.200. The predicted molar refractivity (Wildman–Crippen MR) is 68.5 cm³/mol. The summed E-state index contributed by atoms with van der Waals surface area (Å²) < 4.78 is 0. The highest BCUT2D eigenvalue weighted by Gasteiger charge is 2.12. The largest absolute Gasteiger partial charge is 0.478 e. The van der Waals surface area contributed by atoms with Crippen LogP contribution in [0.1, 0.15) is 21.0 Å². The van der Waals surface area contributed by atoms with Crippen LogP contribution in [0.5, 0.6) is 0 Å². The van der Waals surface area contributed by atoms with Gasteiger partial charge in [-0.25, -0.2) is 9.78 Å². The molecule has 1 unspecified atom stereocenters.